The van der Waals surface area contributed by atoms with Crippen LogP contribution >= 0.6 is 15.9 Å². The van der Waals surface area contributed by atoms with Crippen LogP contribution in [0.1, 0.15) is 25.0 Å². The quantitative estimate of drug-likeness (QED) is 0.927. The number of ether oxygens (including phenoxy) is 1. The molecule has 0 aliphatic carbocycles. The van der Waals surface area contributed by atoms with Crippen LogP contribution in [-0.4, -0.2) is 31.9 Å². The molecular weight excluding hydrogens is 294 g/mol. The largest absolute Gasteiger partial charge is 0.389 e. The second-order valence-corrected chi connectivity index (χ2v) is 5.80. The zero-order chi connectivity index (χ0) is 13.1. The maximum atomic E-state index is 9.57. The minimum Gasteiger partial charge on any atom is -0.389 e. The summed E-state index contributed by atoms with van der Waals surface area (Å²) in [5.41, 5.74) is 2.15. The van der Waals surface area contributed by atoms with E-state index in [0.717, 1.165) is 29.7 Å². The molecule has 2 atom stereocenters. The molecule has 1 fully saturated rings. The maximum Gasteiger partial charge on any atom is 0.0762 e. The highest BCUT2D eigenvalue weighted by Gasteiger charge is 2.23. The van der Waals surface area contributed by atoms with Gasteiger partial charge < -0.3 is 14.7 Å². The van der Waals surface area contributed by atoms with Crippen molar-refractivity contribution in [2.45, 2.75) is 19.4 Å². The van der Waals surface area contributed by atoms with Gasteiger partial charge in [0, 0.05) is 30.6 Å². The summed E-state index contributed by atoms with van der Waals surface area (Å²) in [5.74, 6) is 0.623. The van der Waals surface area contributed by atoms with Crippen molar-refractivity contribution < 1.29 is 9.84 Å². The number of rotatable bonds is 4. The molecule has 1 aliphatic heterocycles. The molecule has 0 saturated carbocycles. The number of anilines is 1. The Labute approximate surface area is 117 Å². The maximum absolute atomic E-state index is 9.57. The van der Waals surface area contributed by atoms with Gasteiger partial charge in [0.1, 0.15) is 0 Å². The molecule has 18 heavy (non-hydrogen) atoms. The Hall–Kier alpha value is -0.580. The molecule has 1 aromatic rings. The van der Waals surface area contributed by atoms with Gasteiger partial charge in [-0.25, -0.2) is 0 Å². The van der Waals surface area contributed by atoms with E-state index in [9.17, 15) is 5.11 Å². The molecule has 1 N–H and O–H groups in total. The summed E-state index contributed by atoms with van der Waals surface area (Å²) in [6, 6.07) is 6.08. The second-order valence-electron chi connectivity index (χ2n) is 4.94. The minimum absolute atomic E-state index is 0.421. The van der Waals surface area contributed by atoms with Crippen molar-refractivity contribution in [1.29, 1.82) is 0 Å². The summed E-state index contributed by atoms with van der Waals surface area (Å²) in [6.45, 7) is 4.73. The van der Waals surface area contributed by atoms with Crippen LogP contribution in [0.15, 0.2) is 22.7 Å². The van der Waals surface area contributed by atoms with Crippen molar-refractivity contribution in [2.75, 3.05) is 31.7 Å². The van der Waals surface area contributed by atoms with E-state index >= 15 is 0 Å². The molecule has 100 valence electrons. The molecule has 3 nitrogen and oxygen atoms in total. The fourth-order valence-corrected chi connectivity index (χ4v) is 3.11. The third-order valence-corrected chi connectivity index (χ3v) is 4.12. The van der Waals surface area contributed by atoms with Gasteiger partial charge in [-0.15, -0.1) is 0 Å². The van der Waals surface area contributed by atoms with E-state index in [-0.39, 0.29) is 0 Å². The number of halogens is 1. The van der Waals surface area contributed by atoms with Crippen LogP contribution in [0, 0.1) is 5.92 Å². The fraction of sp³-hybridized carbons (Fsp3) is 0.571. The van der Waals surface area contributed by atoms with Crippen molar-refractivity contribution in [3.8, 4) is 0 Å². The van der Waals surface area contributed by atoms with Crippen LogP contribution in [0.4, 0.5) is 5.69 Å². The molecule has 2 rings (SSSR count). The number of hydrogen-bond acceptors (Lipinski definition) is 3. The topological polar surface area (TPSA) is 32.7 Å². The zero-order valence-corrected chi connectivity index (χ0v) is 12.5. The molecule has 0 spiro atoms. The molecule has 0 bridgehead atoms. The van der Waals surface area contributed by atoms with E-state index in [0.29, 0.717) is 5.92 Å². The van der Waals surface area contributed by atoms with E-state index in [1.54, 1.807) is 14.0 Å². The SMILES string of the molecule is COCC1CCN(c2ccc([C@@H](C)O)cc2Br)C1. The van der Waals surface area contributed by atoms with Gasteiger partial charge >= 0.3 is 0 Å². The average molecular weight is 314 g/mol. The Morgan fingerprint density at radius 1 is 1.56 bits per heavy atom. The summed E-state index contributed by atoms with van der Waals surface area (Å²) >= 11 is 3.60. The first-order valence-corrected chi connectivity index (χ1v) is 7.12. The van der Waals surface area contributed by atoms with Gasteiger partial charge in [0.25, 0.3) is 0 Å². The predicted octanol–water partition coefficient (Wildman–Crippen LogP) is 2.98. The number of aliphatic hydroxyl groups excluding tert-OH is 1. The van der Waals surface area contributed by atoms with E-state index < -0.39 is 6.10 Å². The predicted molar refractivity (Wildman–Crippen MR) is 77.0 cm³/mol. The third kappa shape index (κ3) is 3.05. The van der Waals surface area contributed by atoms with Crippen LogP contribution in [0.25, 0.3) is 0 Å². The van der Waals surface area contributed by atoms with Crippen molar-refractivity contribution in [2.24, 2.45) is 5.92 Å². The van der Waals surface area contributed by atoms with Crippen LogP contribution in [-0.2, 0) is 4.74 Å². The second kappa shape index (κ2) is 6.04. The Morgan fingerprint density at radius 3 is 2.94 bits per heavy atom. The van der Waals surface area contributed by atoms with Gasteiger partial charge in [0.15, 0.2) is 0 Å². The van der Waals surface area contributed by atoms with Crippen LogP contribution in [0.5, 0.6) is 0 Å². The number of aliphatic hydroxyl groups is 1. The summed E-state index contributed by atoms with van der Waals surface area (Å²) in [5, 5.41) is 9.57. The number of hydrogen-bond donors (Lipinski definition) is 1. The zero-order valence-electron chi connectivity index (χ0n) is 10.9. The Kier molecular flexibility index (Phi) is 4.65. The molecule has 4 heteroatoms. The molecule has 1 saturated heterocycles. The van der Waals surface area contributed by atoms with E-state index in [1.807, 2.05) is 12.1 Å². The monoisotopic (exact) mass is 313 g/mol. The lowest BCUT2D eigenvalue weighted by Crippen LogP contribution is -2.21. The van der Waals surface area contributed by atoms with Gasteiger partial charge in [-0.1, -0.05) is 6.07 Å². The highest BCUT2D eigenvalue weighted by Crippen LogP contribution is 2.32. The molecule has 1 aromatic carbocycles. The highest BCUT2D eigenvalue weighted by molar-refractivity contribution is 9.10. The first-order chi connectivity index (χ1) is 8.61. The van der Waals surface area contributed by atoms with Gasteiger partial charge in [-0.05, 0) is 47.0 Å². The minimum atomic E-state index is -0.421. The number of methoxy groups -OCH3 is 1. The smallest absolute Gasteiger partial charge is 0.0762 e. The Morgan fingerprint density at radius 2 is 2.33 bits per heavy atom. The van der Waals surface area contributed by atoms with Crippen LogP contribution < -0.4 is 4.90 Å². The lowest BCUT2D eigenvalue weighted by Gasteiger charge is -2.21. The highest BCUT2D eigenvalue weighted by atomic mass is 79.9. The lowest BCUT2D eigenvalue weighted by molar-refractivity contribution is 0.161. The van der Waals surface area contributed by atoms with Gasteiger partial charge in [-0.2, -0.15) is 0 Å². The van der Waals surface area contributed by atoms with Crippen molar-refractivity contribution >= 4 is 21.6 Å². The van der Waals surface area contributed by atoms with Gasteiger partial charge in [0.2, 0.25) is 0 Å². The van der Waals surface area contributed by atoms with E-state index in [2.05, 4.69) is 26.9 Å². The van der Waals surface area contributed by atoms with Gasteiger partial charge in [-0.3, -0.25) is 0 Å². The van der Waals surface area contributed by atoms with Crippen molar-refractivity contribution in [1.82, 2.24) is 0 Å². The van der Waals surface area contributed by atoms with E-state index in [4.69, 9.17) is 4.74 Å². The number of nitrogens with zero attached hydrogens (tertiary/aromatic N) is 1. The van der Waals surface area contributed by atoms with E-state index in [1.165, 1.54) is 12.1 Å². The molecular formula is C14H20BrNO2. The molecule has 1 heterocycles. The fourth-order valence-electron chi connectivity index (χ4n) is 2.46. The average Bonchev–Trinajstić information content (AvgIpc) is 2.77. The van der Waals surface area contributed by atoms with Gasteiger partial charge in [0.05, 0.1) is 18.4 Å². The third-order valence-electron chi connectivity index (χ3n) is 3.48. The van der Waals surface area contributed by atoms with Crippen molar-refractivity contribution in [3.05, 3.63) is 28.2 Å². The lowest BCUT2D eigenvalue weighted by atomic mass is 10.1. The number of benzene rings is 1. The van der Waals surface area contributed by atoms with Crippen LogP contribution in [0.3, 0.4) is 0 Å². The summed E-state index contributed by atoms with van der Waals surface area (Å²) in [4.78, 5) is 2.37. The summed E-state index contributed by atoms with van der Waals surface area (Å²) in [6.07, 6.45) is 0.758. The molecule has 0 radical (unpaired) electrons. The molecule has 1 unspecified atom stereocenters. The normalized spacial score (nSPS) is 21.3. The summed E-state index contributed by atoms with van der Waals surface area (Å²) in [7, 11) is 1.76. The Balaban J connectivity index is 2.10. The van der Waals surface area contributed by atoms with Crippen molar-refractivity contribution in [3.63, 3.8) is 0 Å². The molecule has 0 aromatic heterocycles. The molecule has 0 amide bonds. The van der Waals surface area contributed by atoms with Crippen LogP contribution in [0.2, 0.25) is 0 Å². The Bertz CT molecular complexity index is 409. The first-order valence-electron chi connectivity index (χ1n) is 6.33. The first kappa shape index (κ1) is 13.8. The molecule has 1 aliphatic rings. The summed E-state index contributed by atoms with van der Waals surface area (Å²) < 4.78 is 6.27. The standard InChI is InChI=1S/C14H20BrNO2/c1-10(17)12-3-4-14(13(15)7-12)16-6-5-11(8-16)9-18-2/h3-4,7,10-11,17H,5-6,8-9H2,1-2H3/t10-,11?/m1/s1.